The predicted octanol–water partition coefficient (Wildman–Crippen LogP) is 4.02. The average molecular weight is 384 g/mol. The van der Waals surface area contributed by atoms with Crippen LogP contribution in [0, 0.1) is 0 Å². The fraction of sp³-hybridized carbons (Fsp3) is 0.200. The number of anilines is 1. The van der Waals surface area contributed by atoms with E-state index >= 15 is 0 Å². The van der Waals surface area contributed by atoms with Gasteiger partial charge in [-0.05, 0) is 23.8 Å². The number of nitrogens with zero attached hydrogens (tertiary/aromatic N) is 2. The van der Waals surface area contributed by atoms with Crippen molar-refractivity contribution in [1.82, 2.24) is 9.55 Å². The van der Waals surface area contributed by atoms with Gasteiger partial charge in [-0.3, -0.25) is 9.36 Å². The van der Waals surface area contributed by atoms with Crippen LogP contribution >= 0.6 is 11.6 Å². The van der Waals surface area contributed by atoms with Gasteiger partial charge in [-0.15, -0.1) is 0 Å². The van der Waals surface area contributed by atoms with Gasteiger partial charge in [0, 0.05) is 23.4 Å². The van der Waals surface area contributed by atoms with E-state index in [-0.39, 0.29) is 11.8 Å². The highest BCUT2D eigenvalue weighted by Crippen LogP contribution is 2.41. The van der Waals surface area contributed by atoms with Gasteiger partial charge < -0.3 is 14.8 Å². The Morgan fingerprint density at radius 2 is 2.00 bits per heavy atom. The first-order chi connectivity index (χ1) is 13.1. The second-order valence-corrected chi connectivity index (χ2v) is 6.62. The number of carbonyl (C=O) groups excluding carboxylic acids is 1. The molecule has 1 atom stereocenters. The van der Waals surface area contributed by atoms with Crippen LogP contribution in [0.3, 0.4) is 0 Å². The molecule has 0 spiro atoms. The zero-order chi connectivity index (χ0) is 19.0. The number of halogens is 1. The molecule has 6 nitrogen and oxygen atoms in total. The lowest BCUT2D eigenvalue weighted by Crippen LogP contribution is -2.25. The number of methoxy groups -OCH3 is 2. The molecule has 0 saturated carbocycles. The lowest BCUT2D eigenvalue weighted by molar-refractivity contribution is -0.116. The number of fused-ring (bicyclic) bond motifs is 1. The highest BCUT2D eigenvalue weighted by molar-refractivity contribution is 6.31. The monoisotopic (exact) mass is 383 g/mol. The Morgan fingerprint density at radius 3 is 2.74 bits per heavy atom. The number of rotatable bonds is 4. The minimum Gasteiger partial charge on any atom is -0.497 e. The minimum atomic E-state index is -0.201. The Labute approximate surface area is 161 Å². The summed E-state index contributed by atoms with van der Waals surface area (Å²) in [7, 11) is 3.19. The third-order valence-corrected chi connectivity index (χ3v) is 5.04. The fourth-order valence-electron chi connectivity index (χ4n) is 3.39. The fourth-order valence-corrected chi connectivity index (χ4v) is 3.66. The number of amides is 1. The maximum absolute atomic E-state index is 12.4. The average Bonchev–Trinajstić information content (AvgIpc) is 3.10. The summed E-state index contributed by atoms with van der Waals surface area (Å²) in [6.45, 7) is 0. The highest BCUT2D eigenvalue weighted by Gasteiger charge is 2.32. The highest BCUT2D eigenvalue weighted by atomic mass is 35.5. The number of benzene rings is 2. The van der Waals surface area contributed by atoms with Gasteiger partial charge in [0.15, 0.2) is 0 Å². The summed E-state index contributed by atoms with van der Waals surface area (Å²) in [6, 6.07) is 13.0. The zero-order valence-corrected chi connectivity index (χ0v) is 15.7. The summed E-state index contributed by atoms with van der Waals surface area (Å²) in [5, 5.41) is 3.56. The van der Waals surface area contributed by atoms with Crippen molar-refractivity contribution in [2.24, 2.45) is 0 Å². The molecule has 0 bridgehead atoms. The molecule has 1 aliphatic heterocycles. The molecule has 27 heavy (non-hydrogen) atoms. The molecular weight excluding hydrogens is 366 g/mol. The number of carbonyl (C=O) groups is 1. The molecule has 0 fully saturated rings. The van der Waals surface area contributed by atoms with Crippen molar-refractivity contribution in [3.63, 3.8) is 0 Å². The lowest BCUT2D eigenvalue weighted by atomic mass is 9.90. The molecule has 2 aromatic carbocycles. The Kier molecular flexibility index (Phi) is 4.49. The van der Waals surface area contributed by atoms with Crippen LogP contribution < -0.4 is 14.8 Å². The zero-order valence-electron chi connectivity index (χ0n) is 14.9. The van der Waals surface area contributed by atoms with E-state index in [1.54, 1.807) is 26.6 Å². The van der Waals surface area contributed by atoms with Crippen LogP contribution in [-0.4, -0.2) is 29.7 Å². The van der Waals surface area contributed by atoms with E-state index in [1.165, 1.54) is 0 Å². The molecule has 0 saturated heterocycles. The van der Waals surface area contributed by atoms with Crippen LogP contribution in [0.2, 0.25) is 5.02 Å². The molecule has 138 valence electrons. The van der Waals surface area contributed by atoms with Gasteiger partial charge in [-0.2, -0.15) is 0 Å². The molecule has 0 radical (unpaired) electrons. The minimum absolute atomic E-state index is 0.0818. The summed E-state index contributed by atoms with van der Waals surface area (Å²) in [6.07, 6.45) is 1.98. The summed E-state index contributed by atoms with van der Waals surface area (Å²) in [5.74, 6) is 1.64. The molecule has 3 aromatic rings. The molecule has 4 rings (SSSR count). The van der Waals surface area contributed by atoms with Crippen molar-refractivity contribution in [3.8, 4) is 17.2 Å². The Bertz CT molecular complexity index is 1020. The van der Waals surface area contributed by atoms with Crippen LogP contribution in [0.4, 0.5) is 5.82 Å². The van der Waals surface area contributed by atoms with Crippen molar-refractivity contribution in [3.05, 3.63) is 65.1 Å². The number of hydrogen-bond donors (Lipinski definition) is 1. The largest absolute Gasteiger partial charge is 0.497 e. The molecule has 1 aliphatic rings. The molecule has 0 unspecified atom stereocenters. The quantitative estimate of drug-likeness (QED) is 0.739. The molecular formula is C20H18ClN3O3. The predicted molar refractivity (Wildman–Crippen MR) is 103 cm³/mol. The number of ether oxygens (including phenoxy) is 2. The van der Waals surface area contributed by atoms with Crippen LogP contribution in [0.15, 0.2) is 48.8 Å². The van der Waals surface area contributed by atoms with Crippen LogP contribution in [0.5, 0.6) is 11.5 Å². The smallest absolute Gasteiger partial charge is 0.226 e. The Hall–Kier alpha value is -2.99. The molecule has 2 heterocycles. The maximum atomic E-state index is 12.4. The van der Waals surface area contributed by atoms with Crippen molar-refractivity contribution >= 4 is 23.3 Å². The van der Waals surface area contributed by atoms with Gasteiger partial charge in [-0.1, -0.05) is 29.8 Å². The van der Waals surface area contributed by atoms with E-state index < -0.39 is 0 Å². The number of imidazole rings is 1. The van der Waals surface area contributed by atoms with E-state index in [1.807, 2.05) is 41.0 Å². The third kappa shape index (κ3) is 3.02. The van der Waals surface area contributed by atoms with Gasteiger partial charge in [-0.25, -0.2) is 4.98 Å². The van der Waals surface area contributed by atoms with E-state index in [0.717, 1.165) is 16.9 Å². The van der Waals surface area contributed by atoms with Gasteiger partial charge in [0.1, 0.15) is 23.6 Å². The lowest BCUT2D eigenvalue weighted by Gasteiger charge is -2.24. The van der Waals surface area contributed by atoms with Gasteiger partial charge >= 0.3 is 0 Å². The third-order valence-electron chi connectivity index (χ3n) is 4.70. The number of hydrogen-bond acceptors (Lipinski definition) is 4. The summed E-state index contributed by atoms with van der Waals surface area (Å²) in [5.41, 5.74) is 2.43. The van der Waals surface area contributed by atoms with Crippen LogP contribution in [0.25, 0.3) is 5.69 Å². The molecule has 1 aromatic heterocycles. The molecule has 1 N–H and O–H groups in total. The van der Waals surface area contributed by atoms with Gasteiger partial charge in [0.05, 0.1) is 25.6 Å². The maximum Gasteiger partial charge on any atom is 0.226 e. The summed E-state index contributed by atoms with van der Waals surface area (Å²) in [4.78, 5) is 17.0. The van der Waals surface area contributed by atoms with Gasteiger partial charge in [0.25, 0.3) is 0 Å². The molecule has 7 heteroatoms. The van der Waals surface area contributed by atoms with E-state index in [9.17, 15) is 4.79 Å². The Morgan fingerprint density at radius 1 is 1.19 bits per heavy atom. The first-order valence-electron chi connectivity index (χ1n) is 8.46. The second-order valence-electron chi connectivity index (χ2n) is 6.21. The van der Waals surface area contributed by atoms with Crippen LogP contribution in [-0.2, 0) is 4.79 Å². The van der Waals surface area contributed by atoms with Crippen molar-refractivity contribution in [2.45, 2.75) is 12.3 Å². The first kappa shape index (κ1) is 17.4. The van der Waals surface area contributed by atoms with Gasteiger partial charge in [0.2, 0.25) is 5.91 Å². The van der Waals surface area contributed by atoms with Crippen molar-refractivity contribution in [1.29, 1.82) is 0 Å². The normalized spacial score (nSPS) is 15.8. The number of nitrogens with one attached hydrogen (secondary N) is 1. The van der Waals surface area contributed by atoms with Crippen molar-refractivity contribution in [2.75, 3.05) is 19.5 Å². The second kappa shape index (κ2) is 6.96. The Balaban J connectivity index is 1.84. The van der Waals surface area contributed by atoms with E-state index in [0.29, 0.717) is 28.8 Å². The number of aromatic nitrogens is 2. The standard InChI is InChI=1S/C20H18ClN3O3/c1-26-12-7-8-16(17(9-12)27-2)24-11-22-19-14(10-18(25)23-20(19)24)13-5-3-4-6-15(13)21/h3-9,11,14H,10H2,1-2H3,(H,23,25)/t14-/m1/s1. The summed E-state index contributed by atoms with van der Waals surface area (Å²) >= 11 is 6.38. The van der Waals surface area contributed by atoms with E-state index in [4.69, 9.17) is 21.1 Å². The SMILES string of the molecule is COc1ccc(-n2cnc3c2NC(=O)C[C@@H]3c2ccccc2Cl)c(OC)c1. The topological polar surface area (TPSA) is 65.4 Å². The molecule has 1 amide bonds. The first-order valence-corrected chi connectivity index (χ1v) is 8.84. The van der Waals surface area contributed by atoms with Crippen molar-refractivity contribution < 1.29 is 14.3 Å². The van der Waals surface area contributed by atoms with Crippen LogP contribution in [0.1, 0.15) is 23.6 Å². The van der Waals surface area contributed by atoms with E-state index in [2.05, 4.69) is 10.3 Å². The molecule has 0 aliphatic carbocycles. The summed E-state index contributed by atoms with van der Waals surface area (Å²) < 4.78 is 12.6.